The van der Waals surface area contributed by atoms with Gasteiger partial charge in [0.2, 0.25) is 0 Å². The van der Waals surface area contributed by atoms with Gasteiger partial charge in [-0.3, -0.25) is 4.79 Å². The Hall–Kier alpha value is -1.31. The van der Waals surface area contributed by atoms with E-state index in [1.807, 2.05) is 0 Å². The van der Waals surface area contributed by atoms with Gasteiger partial charge in [0, 0.05) is 6.42 Å². The van der Waals surface area contributed by atoms with Crippen molar-refractivity contribution in [3.8, 4) is 0 Å². The van der Waals surface area contributed by atoms with Gasteiger partial charge in [0.15, 0.2) is 0 Å². The van der Waals surface area contributed by atoms with Crippen LogP contribution in [0.4, 0.5) is 0 Å². The van der Waals surface area contributed by atoms with Gasteiger partial charge in [-0.2, -0.15) is 0 Å². The zero-order valence-electron chi connectivity index (χ0n) is 12.9. The molecule has 0 aromatic heterocycles. The van der Waals surface area contributed by atoms with Crippen LogP contribution in [0.2, 0.25) is 0 Å². The lowest BCUT2D eigenvalue weighted by Crippen LogP contribution is -1.92. The van der Waals surface area contributed by atoms with Crippen LogP contribution in [0.3, 0.4) is 0 Å². The first-order chi connectivity index (χ1) is 9.77. The third-order valence-corrected chi connectivity index (χ3v) is 3.04. The molecule has 0 aromatic carbocycles. The molecule has 2 nitrogen and oxygen atoms in total. The minimum Gasteiger partial charge on any atom is -0.481 e. The van der Waals surface area contributed by atoms with Crippen LogP contribution in [0.1, 0.15) is 71.1 Å². The Labute approximate surface area is 124 Å². The third-order valence-electron chi connectivity index (χ3n) is 3.04. The minimum absolute atomic E-state index is 0.286. The number of carboxylic acids is 1. The SMILES string of the molecule is CCCCC/C=C\CC/C=C\C=C/CCCCC(=O)O. The summed E-state index contributed by atoms with van der Waals surface area (Å²) in [6.45, 7) is 2.23. The van der Waals surface area contributed by atoms with Crippen LogP contribution in [0, 0.1) is 0 Å². The standard InChI is InChI=1S/C18H30O2/c1-2-3-4-5-6-7-8-9-10-11-12-13-14-15-16-17-18(19)20/h6-7,10-13H,2-5,8-9,14-17H2,1H3,(H,19,20)/b7-6-,11-10-,13-12-. The minimum atomic E-state index is -0.698. The molecule has 0 radical (unpaired) electrons. The predicted octanol–water partition coefficient (Wildman–Crippen LogP) is 5.66. The molecule has 0 aliphatic carbocycles. The lowest BCUT2D eigenvalue weighted by atomic mass is 10.2. The Bertz CT molecular complexity index is 301. The van der Waals surface area contributed by atoms with E-state index in [0.717, 1.165) is 32.1 Å². The zero-order valence-corrected chi connectivity index (χ0v) is 12.9. The molecule has 0 atom stereocenters. The average molecular weight is 278 g/mol. The van der Waals surface area contributed by atoms with Crippen molar-refractivity contribution in [3.63, 3.8) is 0 Å². The molecule has 0 bridgehead atoms. The Morgan fingerprint density at radius 1 is 0.800 bits per heavy atom. The zero-order chi connectivity index (χ0) is 14.9. The topological polar surface area (TPSA) is 37.3 Å². The lowest BCUT2D eigenvalue weighted by molar-refractivity contribution is -0.137. The van der Waals surface area contributed by atoms with Crippen molar-refractivity contribution in [2.24, 2.45) is 0 Å². The van der Waals surface area contributed by atoms with E-state index in [-0.39, 0.29) is 6.42 Å². The maximum Gasteiger partial charge on any atom is 0.303 e. The maximum atomic E-state index is 10.3. The average Bonchev–Trinajstić information content (AvgIpc) is 2.43. The van der Waals surface area contributed by atoms with Gasteiger partial charge in [-0.15, -0.1) is 0 Å². The highest BCUT2D eigenvalue weighted by Gasteiger charge is 1.93. The first-order valence-electron chi connectivity index (χ1n) is 7.95. The van der Waals surface area contributed by atoms with E-state index in [0.29, 0.717) is 0 Å². The number of carbonyl (C=O) groups is 1. The lowest BCUT2D eigenvalue weighted by Gasteiger charge is -1.92. The second kappa shape index (κ2) is 15.7. The van der Waals surface area contributed by atoms with Crippen LogP contribution in [0.5, 0.6) is 0 Å². The van der Waals surface area contributed by atoms with Gasteiger partial charge < -0.3 is 5.11 Å². The maximum absolute atomic E-state index is 10.3. The van der Waals surface area contributed by atoms with Crippen molar-refractivity contribution in [3.05, 3.63) is 36.5 Å². The van der Waals surface area contributed by atoms with Crippen molar-refractivity contribution < 1.29 is 9.90 Å². The van der Waals surface area contributed by atoms with Crippen LogP contribution in [-0.2, 0) is 4.79 Å². The first-order valence-corrected chi connectivity index (χ1v) is 7.95. The van der Waals surface area contributed by atoms with E-state index in [2.05, 4.69) is 43.4 Å². The molecular formula is C18H30O2. The van der Waals surface area contributed by atoms with Gasteiger partial charge >= 0.3 is 5.97 Å². The fourth-order valence-corrected chi connectivity index (χ4v) is 1.83. The number of aliphatic carboxylic acids is 1. The summed E-state index contributed by atoms with van der Waals surface area (Å²) in [5.41, 5.74) is 0. The van der Waals surface area contributed by atoms with E-state index in [1.54, 1.807) is 0 Å². The summed E-state index contributed by atoms with van der Waals surface area (Å²) < 4.78 is 0. The summed E-state index contributed by atoms with van der Waals surface area (Å²) in [5.74, 6) is -0.698. The van der Waals surface area contributed by atoms with Gasteiger partial charge in [-0.25, -0.2) is 0 Å². The first kappa shape index (κ1) is 18.7. The molecule has 1 N–H and O–H groups in total. The number of carboxylic acid groups (broad SMARTS) is 1. The molecular weight excluding hydrogens is 248 g/mol. The summed E-state index contributed by atoms with van der Waals surface area (Å²) in [4.78, 5) is 10.3. The smallest absolute Gasteiger partial charge is 0.303 e. The molecule has 0 saturated carbocycles. The highest BCUT2D eigenvalue weighted by atomic mass is 16.4. The molecule has 0 amide bonds. The van der Waals surface area contributed by atoms with Crippen molar-refractivity contribution in [2.45, 2.75) is 71.1 Å². The fraction of sp³-hybridized carbons (Fsp3) is 0.611. The van der Waals surface area contributed by atoms with Crippen LogP contribution >= 0.6 is 0 Å². The molecule has 2 heteroatoms. The summed E-state index contributed by atoms with van der Waals surface area (Å²) in [7, 11) is 0. The molecule has 0 aliphatic heterocycles. The monoisotopic (exact) mass is 278 g/mol. The summed E-state index contributed by atoms with van der Waals surface area (Å²) in [6, 6.07) is 0. The van der Waals surface area contributed by atoms with Crippen molar-refractivity contribution in [1.29, 1.82) is 0 Å². The molecule has 114 valence electrons. The van der Waals surface area contributed by atoms with E-state index in [1.165, 1.54) is 25.7 Å². The second-order valence-electron chi connectivity index (χ2n) is 5.04. The van der Waals surface area contributed by atoms with Gasteiger partial charge in [-0.1, -0.05) is 56.2 Å². The number of hydrogen-bond donors (Lipinski definition) is 1. The molecule has 0 spiro atoms. The normalized spacial score (nSPS) is 12.1. The van der Waals surface area contributed by atoms with Crippen LogP contribution < -0.4 is 0 Å². The van der Waals surface area contributed by atoms with Gasteiger partial charge in [0.05, 0.1) is 0 Å². The van der Waals surface area contributed by atoms with E-state index >= 15 is 0 Å². The van der Waals surface area contributed by atoms with Gasteiger partial charge in [0.25, 0.3) is 0 Å². The second-order valence-corrected chi connectivity index (χ2v) is 5.04. The molecule has 0 heterocycles. The van der Waals surface area contributed by atoms with Gasteiger partial charge in [-0.05, 0) is 44.9 Å². The predicted molar refractivity (Wildman–Crippen MR) is 86.9 cm³/mol. The molecule has 20 heavy (non-hydrogen) atoms. The van der Waals surface area contributed by atoms with Crippen LogP contribution in [0.15, 0.2) is 36.5 Å². The molecule has 0 saturated heterocycles. The highest BCUT2D eigenvalue weighted by molar-refractivity contribution is 5.66. The van der Waals surface area contributed by atoms with Crippen molar-refractivity contribution in [2.75, 3.05) is 0 Å². The Morgan fingerprint density at radius 3 is 2.05 bits per heavy atom. The molecule has 0 rings (SSSR count). The summed E-state index contributed by atoms with van der Waals surface area (Å²) in [5, 5.41) is 8.48. The molecule has 0 fully saturated rings. The summed E-state index contributed by atoms with van der Waals surface area (Å²) >= 11 is 0. The van der Waals surface area contributed by atoms with E-state index < -0.39 is 5.97 Å². The van der Waals surface area contributed by atoms with Crippen molar-refractivity contribution >= 4 is 5.97 Å². The number of unbranched alkanes of at least 4 members (excludes halogenated alkanes) is 6. The summed E-state index contributed by atoms with van der Waals surface area (Å²) in [6.07, 6.45) is 23.4. The quantitative estimate of drug-likeness (QED) is 0.268. The van der Waals surface area contributed by atoms with Crippen molar-refractivity contribution in [1.82, 2.24) is 0 Å². The van der Waals surface area contributed by atoms with Gasteiger partial charge in [0.1, 0.15) is 0 Å². The van der Waals surface area contributed by atoms with E-state index in [4.69, 9.17) is 5.11 Å². The largest absolute Gasteiger partial charge is 0.481 e. The highest BCUT2D eigenvalue weighted by Crippen LogP contribution is 2.02. The Kier molecular flexibility index (Phi) is 14.7. The molecule has 0 unspecified atom stereocenters. The Balaban J connectivity index is 3.32. The van der Waals surface area contributed by atoms with E-state index in [9.17, 15) is 4.79 Å². The Morgan fingerprint density at radius 2 is 1.35 bits per heavy atom. The fourth-order valence-electron chi connectivity index (χ4n) is 1.83. The number of hydrogen-bond acceptors (Lipinski definition) is 1. The molecule has 0 aliphatic rings. The third kappa shape index (κ3) is 16.7. The van der Waals surface area contributed by atoms with Crippen LogP contribution in [-0.4, -0.2) is 11.1 Å². The molecule has 0 aromatic rings. The van der Waals surface area contributed by atoms with Crippen LogP contribution in [0.25, 0.3) is 0 Å². The number of allylic oxidation sites excluding steroid dienone is 6. The number of rotatable bonds is 13.